The standard InChI is InChI=1S/C16H23N3O4/c1-4-19-12(5-7-17-19)13-10(6-8-22-13)14(20)18-11-9-16(2,3)23-15(11)21/h5,7,10-11,13H,4,6,8-9H2,1-3H3,(H,18,20)/t10-,11+,13-/m1/s1. The van der Waals surface area contributed by atoms with E-state index in [1.54, 1.807) is 6.20 Å². The monoisotopic (exact) mass is 321 g/mol. The molecule has 0 aliphatic carbocycles. The van der Waals surface area contributed by atoms with E-state index >= 15 is 0 Å². The van der Waals surface area contributed by atoms with Crippen LogP contribution in [-0.2, 0) is 25.6 Å². The molecule has 1 amide bonds. The van der Waals surface area contributed by atoms with Gasteiger partial charge in [-0.2, -0.15) is 5.10 Å². The summed E-state index contributed by atoms with van der Waals surface area (Å²) in [5.41, 5.74) is 0.376. The topological polar surface area (TPSA) is 82.5 Å². The van der Waals surface area contributed by atoms with Gasteiger partial charge in [0.05, 0.1) is 11.6 Å². The third kappa shape index (κ3) is 3.10. The second-order valence-corrected chi connectivity index (χ2v) is 6.70. The van der Waals surface area contributed by atoms with E-state index in [4.69, 9.17) is 9.47 Å². The highest BCUT2D eigenvalue weighted by molar-refractivity contribution is 5.87. The Morgan fingerprint density at radius 3 is 2.96 bits per heavy atom. The Balaban J connectivity index is 1.71. The molecule has 0 bridgehead atoms. The summed E-state index contributed by atoms with van der Waals surface area (Å²) in [6.07, 6.45) is 2.52. The number of hydrogen-bond donors (Lipinski definition) is 1. The van der Waals surface area contributed by atoms with Gasteiger partial charge < -0.3 is 14.8 Å². The maximum atomic E-state index is 12.6. The van der Waals surface area contributed by atoms with Gasteiger partial charge in [0, 0.05) is 25.8 Å². The van der Waals surface area contributed by atoms with Crippen LogP contribution in [0.1, 0.15) is 45.4 Å². The summed E-state index contributed by atoms with van der Waals surface area (Å²) in [5, 5.41) is 7.07. The van der Waals surface area contributed by atoms with Gasteiger partial charge in [0.1, 0.15) is 17.7 Å². The Bertz CT molecular complexity index is 610. The molecule has 0 radical (unpaired) electrons. The van der Waals surface area contributed by atoms with E-state index in [-0.39, 0.29) is 23.9 Å². The Morgan fingerprint density at radius 1 is 1.52 bits per heavy atom. The third-order valence-electron chi connectivity index (χ3n) is 4.44. The van der Waals surface area contributed by atoms with Crippen molar-refractivity contribution in [3.8, 4) is 0 Å². The fourth-order valence-corrected chi connectivity index (χ4v) is 3.35. The summed E-state index contributed by atoms with van der Waals surface area (Å²) in [7, 11) is 0. The summed E-state index contributed by atoms with van der Waals surface area (Å²) in [6.45, 7) is 6.94. The highest BCUT2D eigenvalue weighted by Gasteiger charge is 2.43. The molecule has 0 saturated carbocycles. The number of ether oxygens (including phenoxy) is 2. The summed E-state index contributed by atoms with van der Waals surface area (Å²) in [4.78, 5) is 24.5. The minimum absolute atomic E-state index is 0.156. The number of nitrogens with zero attached hydrogens (tertiary/aromatic N) is 2. The molecule has 23 heavy (non-hydrogen) atoms. The van der Waals surface area contributed by atoms with E-state index in [0.29, 0.717) is 19.4 Å². The van der Waals surface area contributed by atoms with Gasteiger partial charge in [-0.25, -0.2) is 4.79 Å². The second-order valence-electron chi connectivity index (χ2n) is 6.70. The van der Waals surface area contributed by atoms with Gasteiger partial charge in [0.15, 0.2) is 0 Å². The molecule has 0 unspecified atom stereocenters. The molecule has 3 atom stereocenters. The quantitative estimate of drug-likeness (QED) is 0.842. The van der Waals surface area contributed by atoms with E-state index in [9.17, 15) is 9.59 Å². The van der Waals surface area contributed by atoms with Crippen LogP contribution in [0.25, 0.3) is 0 Å². The van der Waals surface area contributed by atoms with Crippen molar-refractivity contribution >= 4 is 11.9 Å². The lowest BCUT2D eigenvalue weighted by Crippen LogP contribution is -2.42. The summed E-state index contributed by atoms with van der Waals surface area (Å²) >= 11 is 0. The fourth-order valence-electron chi connectivity index (χ4n) is 3.35. The predicted octanol–water partition coefficient (Wildman–Crippen LogP) is 1.19. The van der Waals surface area contributed by atoms with Crippen molar-refractivity contribution in [3.63, 3.8) is 0 Å². The highest BCUT2D eigenvalue weighted by atomic mass is 16.6. The molecule has 0 aromatic carbocycles. The van der Waals surface area contributed by atoms with Gasteiger partial charge in [-0.3, -0.25) is 9.48 Å². The van der Waals surface area contributed by atoms with Crippen molar-refractivity contribution in [2.45, 2.75) is 57.9 Å². The summed E-state index contributed by atoms with van der Waals surface area (Å²) in [6, 6.07) is 1.31. The average molecular weight is 321 g/mol. The summed E-state index contributed by atoms with van der Waals surface area (Å²) < 4.78 is 12.9. The van der Waals surface area contributed by atoms with Crippen LogP contribution < -0.4 is 5.32 Å². The van der Waals surface area contributed by atoms with E-state index in [2.05, 4.69) is 10.4 Å². The maximum Gasteiger partial charge on any atom is 0.329 e. The van der Waals surface area contributed by atoms with E-state index < -0.39 is 11.6 Å². The molecule has 3 heterocycles. The molecule has 1 N–H and O–H groups in total. The van der Waals surface area contributed by atoms with Crippen LogP contribution in [0.4, 0.5) is 0 Å². The number of esters is 1. The number of amides is 1. The van der Waals surface area contributed by atoms with Crippen molar-refractivity contribution in [2.24, 2.45) is 5.92 Å². The average Bonchev–Trinajstić information content (AvgIpc) is 3.17. The Labute approximate surface area is 135 Å². The number of aromatic nitrogens is 2. The largest absolute Gasteiger partial charge is 0.458 e. The van der Waals surface area contributed by atoms with Gasteiger partial charge in [-0.15, -0.1) is 0 Å². The number of carbonyl (C=O) groups excluding carboxylic acids is 2. The second kappa shape index (κ2) is 5.96. The van der Waals surface area contributed by atoms with Gasteiger partial charge in [-0.1, -0.05) is 0 Å². The number of rotatable bonds is 4. The molecule has 2 fully saturated rings. The molecular weight excluding hydrogens is 298 g/mol. The smallest absolute Gasteiger partial charge is 0.329 e. The van der Waals surface area contributed by atoms with Crippen LogP contribution in [0.15, 0.2) is 12.3 Å². The van der Waals surface area contributed by atoms with Crippen molar-refractivity contribution in [3.05, 3.63) is 18.0 Å². The van der Waals surface area contributed by atoms with Gasteiger partial charge in [-0.05, 0) is 33.3 Å². The molecule has 126 valence electrons. The van der Waals surface area contributed by atoms with Crippen LogP contribution in [0, 0.1) is 5.92 Å². The normalized spacial score (nSPS) is 29.5. The van der Waals surface area contributed by atoms with Crippen molar-refractivity contribution in [1.29, 1.82) is 0 Å². The van der Waals surface area contributed by atoms with Gasteiger partial charge in [0.2, 0.25) is 5.91 Å². The molecule has 7 nitrogen and oxygen atoms in total. The van der Waals surface area contributed by atoms with Gasteiger partial charge in [0.25, 0.3) is 0 Å². The van der Waals surface area contributed by atoms with Crippen molar-refractivity contribution < 1.29 is 19.1 Å². The third-order valence-corrected chi connectivity index (χ3v) is 4.44. The van der Waals surface area contributed by atoms with E-state index in [0.717, 1.165) is 12.2 Å². The molecular formula is C16H23N3O4. The number of hydrogen-bond acceptors (Lipinski definition) is 5. The van der Waals surface area contributed by atoms with Crippen LogP contribution in [0.2, 0.25) is 0 Å². The fraction of sp³-hybridized carbons (Fsp3) is 0.688. The Kier molecular flexibility index (Phi) is 4.14. The molecule has 1 aromatic rings. The molecule has 0 spiro atoms. The zero-order valence-electron chi connectivity index (χ0n) is 13.7. The van der Waals surface area contributed by atoms with Crippen LogP contribution in [0.5, 0.6) is 0 Å². The number of carbonyl (C=O) groups is 2. The van der Waals surface area contributed by atoms with Crippen LogP contribution in [0.3, 0.4) is 0 Å². The van der Waals surface area contributed by atoms with Crippen molar-refractivity contribution in [1.82, 2.24) is 15.1 Å². The SMILES string of the molecule is CCn1nccc1[C@@H]1OCC[C@H]1C(=O)N[C@H]1CC(C)(C)OC1=O. The lowest BCUT2D eigenvalue weighted by atomic mass is 9.96. The first-order valence-corrected chi connectivity index (χ1v) is 8.08. The van der Waals surface area contributed by atoms with Crippen molar-refractivity contribution in [2.75, 3.05) is 6.61 Å². The van der Waals surface area contributed by atoms with E-state index in [1.165, 1.54) is 0 Å². The molecule has 2 saturated heterocycles. The maximum absolute atomic E-state index is 12.6. The lowest BCUT2D eigenvalue weighted by molar-refractivity contribution is -0.148. The molecule has 2 aliphatic rings. The van der Waals surface area contributed by atoms with Crippen LogP contribution in [-0.4, -0.2) is 39.9 Å². The summed E-state index contributed by atoms with van der Waals surface area (Å²) in [5.74, 6) is -0.832. The van der Waals surface area contributed by atoms with Gasteiger partial charge >= 0.3 is 5.97 Å². The Hall–Kier alpha value is -1.89. The number of aryl methyl sites for hydroxylation is 1. The van der Waals surface area contributed by atoms with Crippen LogP contribution >= 0.6 is 0 Å². The minimum Gasteiger partial charge on any atom is -0.458 e. The molecule has 2 aliphatic heterocycles. The number of cyclic esters (lactones) is 1. The minimum atomic E-state index is -0.574. The first-order chi connectivity index (χ1) is 10.9. The Morgan fingerprint density at radius 2 is 2.30 bits per heavy atom. The zero-order valence-corrected chi connectivity index (χ0v) is 13.7. The first-order valence-electron chi connectivity index (χ1n) is 8.08. The highest BCUT2D eigenvalue weighted by Crippen LogP contribution is 2.35. The lowest BCUT2D eigenvalue weighted by Gasteiger charge is -2.20. The molecule has 3 rings (SSSR count). The first kappa shape index (κ1) is 16.0. The number of nitrogens with one attached hydrogen (secondary N) is 1. The predicted molar refractivity (Wildman–Crippen MR) is 81.4 cm³/mol. The van der Waals surface area contributed by atoms with E-state index in [1.807, 2.05) is 31.5 Å². The molecule has 7 heteroatoms. The molecule has 1 aromatic heterocycles. The zero-order chi connectivity index (χ0) is 16.6.